The van der Waals surface area contributed by atoms with E-state index in [0.29, 0.717) is 5.95 Å². The lowest BCUT2D eigenvalue weighted by molar-refractivity contribution is 0.628. The predicted molar refractivity (Wildman–Crippen MR) is 62.8 cm³/mol. The zero-order valence-corrected chi connectivity index (χ0v) is 9.72. The van der Waals surface area contributed by atoms with E-state index in [1.807, 2.05) is 14.0 Å². The van der Waals surface area contributed by atoms with Crippen molar-refractivity contribution in [2.24, 2.45) is 7.05 Å². The first-order valence-electron chi connectivity index (χ1n) is 4.75. The highest BCUT2D eigenvalue weighted by Crippen LogP contribution is 2.27. The third-order valence-electron chi connectivity index (χ3n) is 2.61. The SMILES string of the molecule is Cc1c(-c2ccc(F)c(Cl)c2)nc(N)n1C. The summed E-state index contributed by atoms with van der Waals surface area (Å²) in [5.41, 5.74) is 8.09. The molecule has 0 aliphatic rings. The van der Waals surface area contributed by atoms with Gasteiger partial charge in [0.1, 0.15) is 5.82 Å². The summed E-state index contributed by atoms with van der Waals surface area (Å²) in [5.74, 6) is -0.0140. The van der Waals surface area contributed by atoms with Crippen molar-refractivity contribution in [3.63, 3.8) is 0 Å². The standard InChI is InChI=1S/C11H11ClFN3/c1-6-10(15-11(14)16(6)2)7-3-4-9(13)8(12)5-7/h3-5H,1-2H3,(H2,14,15). The fourth-order valence-corrected chi connectivity index (χ4v) is 1.70. The third kappa shape index (κ3) is 1.65. The molecule has 0 radical (unpaired) electrons. The number of nitrogens with two attached hydrogens (primary N) is 1. The number of hydrogen-bond donors (Lipinski definition) is 1. The second kappa shape index (κ2) is 3.79. The highest BCUT2D eigenvalue weighted by atomic mass is 35.5. The summed E-state index contributed by atoms with van der Waals surface area (Å²) in [6.07, 6.45) is 0. The molecule has 84 valence electrons. The first-order valence-corrected chi connectivity index (χ1v) is 5.12. The lowest BCUT2D eigenvalue weighted by atomic mass is 10.1. The zero-order valence-electron chi connectivity index (χ0n) is 8.96. The van der Waals surface area contributed by atoms with E-state index in [-0.39, 0.29) is 5.02 Å². The molecule has 0 fully saturated rings. The minimum absolute atomic E-state index is 0.0844. The van der Waals surface area contributed by atoms with Gasteiger partial charge in [-0.3, -0.25) is 0 Å². The minimum Gasteiger partial charge on any atom is -0.369 e. The summed E-state index contributed by atoms with van der Waals surface area (Å²) in [6.45, 7) is 1.90. The Hall–Kier alpha value is -1.55. The van der Waals surface area contributed by atoms with E-state index in [1.165, 1.54) is 6.07 Å². The molecule has 0 amide bonds. The Balaban J connectivity index is 2.59. The molecule has 2 rings (SSSR count). The van der Waals surface area contributed by atoms with Crippen LogP contribution in [0.5, 0.6) is 0 Å². The number of aromatic nitrogens is 2. The highest BCUT2D eigenvalue weighted by molar-refractivity contribution is 6.31. The molecule has 0 bridgehead atoms. The van der Waals surface area contributed by atoms with Crippen molar-refractivity contribution in [3.8, 4) is 11.3 Å². The summed E-state index contributed by atoms with van der Waals surface area (Å²) >= 11 is 5.72. The predicted octanol–water partition coefficient (Wildman–Crippen LogP) is 2.77. The van der Waals surface area contributed by atoms with Crippen molar-refractivity contribution in [1.82, 2.24) is 9.55 Å². The summed E-state index contributed by atoms with van der Waals surface area (Å²) in [6, 6.07) is 4.50. The van der Waals surface area contributed by atoms with Crippen LogP contribution in [0.25, 0.3) is 11.3 Å². The van der Waals surface area contributed by atoms with Gasteiger partial charge in [-0.05, 0) is 25.1 Å². The molecule has 0 spiro atoms. The largest absolute Gasteiger partial charge is 0.369 e. The Kier molecular flexibility index (Phi) is 2.59. The number of benzene rings is 1. The fourth-order valence-electron chi connectivity index (χ4n) is 1.52. The van der Waals surface area contributed by atoms with Crippen molar-refractivity contribution in [1.29, 1.82) is 0 Å². The maximum Gasteiger partial charge on any atom is 0.200 e. The average Bonchev–Trinajstić information content (AvgIpc) is 2.50. The van der Waals surface area contributed by atoms with Gasteiger partial charge in [-0.15, -0.1) is 0 Å². The number of nitrogen functional groups attached to an aromatic ring is 1. The summed E-state index contributed by atoms with van der Waals surface area (Å²) in [5, 5.41) is 0.0844. The zero-order chi connectivity index (χ0) is 11.9. The molecule has 0 aliphatic heterocycles. The summed E-state index contributed by atoms with van der Waals surface area (Å²) in [4.78, 5) is 4.21. The molecule has 0 saturated heterocycles. The first-order chi connectivity index (χ1) is 7.50. The van der Waals surface area contributed by atoms with Crippen LogP contribution in [0.3, 0.4) is 0 Å². The van der Waals surface area contributed by atoms with Crippen LogP contribution in [0.2, 0.25) is 5.02 Å². The van der Waals surface area contributed by atoms with Gasteiger partial charge < -0.3 is 10.3 Å². The van der Waals surface area contributed by atoms with Crippen LogP contribution in [0.4, 0.5) is 10.3 Å². The Labute approximate surface area is 97.7 Å². The Bertz CT molecular complexity index is 548. The van der Waals surface area contributed by atoms with E-state index in [0.717, 1.165) is 17.0 Å². The third-order valence-corrected chi connectivity index (χ3v) is 2.90. The smallest absolute Gasteiger partial charge is 0.200 e. The number of rotatable bonds is 1. The molecule has 16 heavy (non-hydrogen) atoms. The van der Waals surface area contributed by atoms with E-state index in [9.17, 15) is 4.39 Å². The topological polar surface area (TPSA) is 43.8 Å². The van der Waals surface area contributed by atoms with Crippen molar-refractivity contribution in [2.45, 2.75) is 6.92 Å². The second-order valence-electron chi connectivity index (χ2n) is 3.59. The molecule has 2 N–H and O–H groups in total. The van der Waals surface area contributed by atoms with Crippen LogP contribution in [-0.2, 0) is 7.05 Å². The molecule has 1 aromatic carbocycles. The van der Waals surface area contributed by atoms with Crippen LogP contribution >= 0.6 is 11.6 Å². The maximum absolute atomic E-state index is 13.0. The molecule has 0 saturated carbocycles. The molecular weight excluding hydrogens is 229 g/mol. The molecular formula is C11H11ClFN3. The lowest BCUT2D eigenvalue weighted by Gasteiger charge is -2.01. The van der Waals surface area contributed by atoms with E-state index >= 15 is 0 Å². The number of halogens is 2. The van der Waals surface area contributed by atoms with Crippen LogP contribution in [0, 0.1) is 12.7 Å². The molecule has 1 aromatic heterocycles. The highest BCUT2D eigenvalue weighted by Gasteiger charge is 2.12. The number of nitrogens with zero attached hydrogens (tertiary/aromatic N) is 2. The second-order valence-corrected chi connectivity index (χ2v) is 4.00. The van der Waals surface area contributed by atoms with Crippen LogP contribution in [0.15, 0.2) is 18.2 Å². The number of hydrogen-bond acceptors (Lipinski definition) is 2. The van der Waals surface area contributed by atoms with Gasteiger partial charge in [-0.2, -0.15) is 0 Å². The quantitative estimate of drug-likeness (QED) is 0.832. The van der Waals surface area contributed by atoms with Crippen LogP contribution in [-0.4, -0.2) is 9.55 Å². The molecule has 5 heteroatoms. The number of anilines is 1. The lowest BCUT2D eigenvalue weighted by Crippen LogP contribution is -1.97. The fraction of sp³-hybridized carbons (Fsp3) is 0.182. The molecule has 0 aliphatic carbocycles. The molecule has 2 aromatic rings. The maximum atomic E-state index is 13.0. The van der Waals surface area contributed by atoms with Gasteiger partial charge in [0, 0.05) is 18.3 Å². The van der Waals surface area contributed by atoms with Crippen molar-refractivity contribution < 1.29 is 4.39 Å². The average molecular weight is 240 g/mol. The van der Waals surface area contributed by atoms with Gasteiger partial charge in [-0.1, -0.05) is 11.6 Å². The molecule has 3 nitrogen and oxygen atoms in total. The van der Waals surface area contributed by atoms with Gasteiger partial charge >= 0.3 is 0 Å². The van der Waals surface area contributed by atoms with Crippen molar-refractivity contribution in [3.05, 3.63) is 34.7 Å². The van der Waals surface area contributed by atoms with Gasteiger partial charge in [0.15, 0.2) is 0 Å². The monoisotopic (exact) mass is 239 g/mol. The van der Waals surface area contributed by atoms with Gasteiger partial charge in [0.25, 0.3) is 0 Å². The Morgan fingerprint density at radius 1 is 1.44 bits per heavy atom. The minimum atomic E-state index is -0.438. The van der Waals surface area contributed by atoms with Gasteiger partial charge in [0.2, 0.25) is 5.95 Å². The van der Waals surface area contributed by atoms with E-state index in [1.54, 1.807) is 16.7 Å². The van der Waals surface area contributed by atoms with E-state index in [4.69, 9.17) is 17.3 Å². The molecule has 0 atom stereocenters. The van der Waals surface area contributed by atoms with Gasteiger partial charge in [0.05, 0.1) is 10.7 Å². The first kappa shape index (κ1) is 11.0. The van der Waals surface area contributed by atoms with Crippen LogP contribution < -0.4 is 5.73 Å². The Morgan fingerprint density at radius 3 is 2.62 bits per heavy atom. The van der Waals surface area contributed by atoms with Crippen LogP contribution in [0.1, 0.15) is 5.69 Å². The molecule has 0 unspecified atom stereocenters. The van der Waals surface area contributed by atoms with Crippen molar-refractivity contribution in [2.75, 3.05) is 5.73 Å². The molecule has 1 heterocycles. The van der Waals surface area contributed by atoms with E-state index in [2.05, 4.69) is 4.98 Å². The summed E-state index contributed by atoms with van der Waals surface area (Å²) in [7, 11) is 1.83. The normalized spacial score (nSPS) is 10.8. The van der Waals surface area contributed by atoms with Gasteiger partial charge in [-0.25, -0.2) is 9.37 Å². The summed E-state index contributed by atoms with van der Waals surface area (Å²) < 4.78 is 14.8. The van der Waals surface area contributed by atoms with Crippen molar-refractivity contribution >= 4 is 17.5 Å². The van der Waals surface area contributed by atoms with E-state index < -0.39 is 5.82 Å². The Morgan fingerprint density at radius 2 is 2.12 bits per heavy atom. The number of imidazole rings is 1.